The van der Waals surface area contributed by atoms with Gasteiger partial charge in [-0.3, -0.25) is 4.79 Å². The van der Waals surface area contributed by atoms with Crippen LogP contribution >= 0.6 is 15.9 Å². The summed E-state index contributed by atoms with van der Waals surface area (Å²) in [6.45, 7) is 2.09. The summed E-state index contributed by atoms with van der Waals surface area (Å²) < 4.78 is 0.937. The number of hydrogen-bond acceptors (Lipinski definition) is 3. The second-order valence-corrected chi connectivity index (χ2v) is 4.75. The predicted octanol–water partition coefficient (Wildman–Crippen LogP) is 1.51. The number of carbonyl (C=O) groups excluding carboxylic acids is 1. The Morgan fingerprint density at radius 3 is 3.00 bits per heavy atom. The first kappa shape index (κ1) is 11.4. The summed E-state index contributed by atoms with van der Waals surface area (Å²) >= 11 is 3.46. The van der Waals surface area contributed by atoms with Crippen molar-refractivity contribution in [1.29, 1.82) is 0 Å². The van der Waals surface area contributed by atoms with Crippen molar-refractivity contribution in [2.24, 2.45) is 0 Å². The van der Waals surface area contributed by atoms with E-state index in [1.807, 2.05) is 24.1 Å². The van der Waals surface area contributed by atoms with Crippen LogP contribution in [0.3, 0.4) is 0 Å². The van der Waals surface area contributed by atoms with Gasteiger partial charge in [0.25, 0.3) is 0 Å². The maximum atomic E-state index is 11.8. The number of halogens is 1. The van der Waals surface area contributed by atoms with Crippen molar-refractivity contribution in [1.82, 2.24) is 9.88 Å². The average molecular weight is 284 g/mol. The fraction of sp³-hybridized carbons (Fsp3) is 0.455. The molecule has 0 bridgehead atoms. The minimum Gasteiger partial charge on any atom is -0.346 e. The topological polar surface area (TPSA) is 36.4 Å². The number of nitrogens with zero attached hydrogens (tertiary/aromatic N) is 3. The lowest BCUT2D eigenvalue weighted by Gasteiger charge is -2.21. The smallest absolute Gasteiger partial charge is 0.241 e. The van der Waals surface area contributed by atoms with Gasteiger partial charge in [0.1, 0.15) is 5.82 Å². The molecular formula is C11H14BrN3O. The van der Waals surface area contributed by atoms with Crippen LogP contribution in [0.15, 0.2) is 22.8 Å². The van der Waals surface area contributed by atoms with Gasteiger partial charge in [-0.2, -0.15) is 0 Å². The van der Waals surface area contributed by atoms with Gasteiger partial charge in [-0.25, -0.2) is 4.98 Å². The van der Waals surface area contributed by atoms with E-state index < -0.39 is 0 Å². The average Bonchev–Trinajstić information content (AvgIpc) is 2.43. The molecule has 5 heteroatoms. The summed E-state index contributed by atoms with van der Waals surface area (Å²) in [6, 6.07) is 3.82. The second kappa shape index (κ2) is 4.82. The monoisotopic (exact) mass is 283 g/mol. The molecule has 1 amide bonds. The van der Waals surface area contributed by atoms with E-state index in [9.17, 15) is 4.79 Å². The molecule has 0 N–H and O–H groups in total. The van der Waals surface area contributed by atoms with Crippen LogP contribution < -0.4 is 4.90 Å². The van der Waals surface area contributed by atoms with Crippen molar-refractivity contribution in [3.8, 4) is 0 Å². The standard InChI is InChI=1S/C11H14BrN3O/c1-14-6-3-7-15(8-10(14)16)11-9(12)4-2-5-13-11/h2,4-5H,3,6-8H2,1H3. The third-order valence-electron chi connectivity index (χ3n) is 2.71. The zero-order valence-electron chi connectivity index (χ0n) is 9.19. The van der Waals surface area contributed by atoms with E-state index in [0.717, 1.165) is 29.8 Å². The molecular weight excluding hydrogens is 270 g/mol. The van der Waals surface area contributed by atoms with Crippen LogP contribution in [0, 0.1) is 0 Å². The maximum absolute atomic E-state index is 11.8. The van der Waals surface area contributed by atoms with Crippen LogP contribution in [0.4, 0.5) is 5.82 Å². The van der Waals surface area contributed by atoms with Gasteiger partial charge in [0, 0.05) is 26.3 Å². The summed E-state index contributed by atoms with van der Waals surface area (Å²) in [4.78, 5) is 19.9. The molecule has 16 heavy (non-hydrogen) atoms. The Hall–Kier alpha value is -1.10. The third-order valence-corrected chi connectivity index (χ3v) is 3.33. The number of hydrogen-bond donors (Lipinski definition) is 0. The highest BCUT2D eigenvalue weighted by atomic mass is 79.9. The van der Waals surface area contributed by atoms with E-state index in [0.29, 0.717) is 6.54 Å². The van der Waals surface area contributed by atoms with Crippen molar-refractivity contribution in [3.63, 3.8) is 0 Å². The molecule has 0 aliphatic carbocycles. The Morgan fingerprint density at radius 2 is 2.25 bits per heavy atom. The van der Waals surface area contributed by atoms with Crippen LogP contribution in [0.2, 0.25) is 0 Å². The minimum atomic E-state index is 0.148. The van der Waals surface area contributed by atoms with Gasteiger partial charge in [0.2, 0.25) is 5.91 Å². The molecule has 4 nitrogen and oxygen atoms in total. The number of amides is 1. The lowest BCUT2D eigenvalue weighted by molar-refractivity contribution is -0.127. The summed E-state index contributed by atoms with van der Waals surface area (Å²) in [5, 5.41) is 0. The first-order valence-corrected chi connectivity index (χ1v) is 6.07. The molecule has 0 saturated carbocycles. The van der Waals surface area contributed by atoms with Gasteiger partial charge in [0.05, 0.1) is 11.0 Å². The highest BCUT2D eigenvalue weighted by Crippen LogP contribution is 2.23. The Bertz CT molecular complexity index is 397. The molecule has 0 spiro atoms. The summed E-state index contributed by atoms with van der Waals surface area (Å²) in [7, 11) is 1.85. The summed E-state index contributed by atoms with van der Waals surface area (Å²) in [5.41, 5.74) is 0. The van der Waals surface area contributed by atoms with Crippen LogP contribution in [0.1, 0.15) is 6.42 Å². The molecule has 0 unspecified atom stereocenters. The molecule has 1 aliphatic heterocycles. The molecule has 0 aromatic carbocycles. The highest BCUT2D eigenvalue weighted by molar-refractivity contribution is 9.10. The normalized spacial score (nSPS) is 17.5. The zero-order chi connectivity index (χ0) is 11.5. The van der Waals surface area contributed by atoms with Gasteiger partial charge in [0.15, 0.2) is 0 Å². The van der Waals surface area contributed by atoms with E-state index in [1.165, 1.54) is 0 Å². The van der Waals surface area contributed by atoms with E-state index in [-0.39, 0.29) is 5.91 Å². The highest BCUT2D eigenvalue weighted by Gasteiger charge is 2.20. The molecule has 1 fully saturated rings. The van der Waals surface area contributed by atoms with Gasteiger partial charge in [-0.1, -0.05) is 0 Å². The van der Waals surface area contributed by atoms with Gasteiger partial charge < -0.3 is 9.80 Å². The summed E-state index contributed by atoms with van der Waals surface area (Å²) in [5.74, 6) is 1.00. The molecule has 2 heterocycles. The molecule has 1 aromatic heterocycles. The molecule has 2 rings (SSSR count). The van der Waals surface area contributed by atoms with Crippen LogP contribution in [-0.2, 0) is 4.79 Å². The maximum Gasteiger partial charge on any atom is 0.241 e. The minimum absolute atomic E-state index is 0.148. The number of carbonyl (C=O) groups is 1. The Morgan fingerprint density at radius 1 is 1.44 bits per heavy atom. The van der Waals surface area contributed by atoms with Gasteiger partial charge in [-0.05, 0) is 34.5 Å². The van der Waals surface area contributed by atoms with E-state index in [2.05, 4.69) is 20.9 Å². The van der Waals surface area contributed by atoms with Crippen LogP contribution in [0.5, 0.6) is 0 Å². The van der Waals surface area contributed by atoms with E-state index in [1.54, 1.807) is 11.1 Å². The fourth-order valence-electron chi connectivity index (χ4n) is 1.78. The van der Waals surface area contributed by atoms with Crippen molar-refractivity contribution >= 4 is 27.7 Å². The molecule has 1 saturated heterocycles. The van der Waals surface area contributed by atoms with E-state index in [4.69, 9.17) is 0 Å². The van der Waals surface area contributed by atoms with E-state index >= 15 is 0 Å². The molecule has 0 atom stereocenters. The largest absolute Gasteiger partial charge is 0.346 e. The van der Waals surface area contributed by atoms with Crippen LogP contribution in [0.25, 0.3) is 0 Å². The van der Waals surface area contributed by atoms with Crippen molar-refractivity contribution in [2.45, 2.75) is 6.42 Å². The molecule has 1 aliphatic rings. The molecule has 86 valence electrons. The summed E-state index contributed by atoms with van der Waals surface area (Å²) in [6.07, 6.45) is 2.73. The van der Waals surface area contributed by atoms with Crippen molar-refractivity contribution in [3.05, 3.63) is 22.8 Å². The lowest BCUT2D eigenvalue weighted by atomic mass is 10.3. The van der Waals surface area contributed by atoms with Gasteiger partial charge in [-0.15, -0.1) is 0 Å². The Balaban J connectivity index is 2.21. The zero-order valence-corrected chi connectivity index (χ0v) is 10.8. The predicted molar refractivity (Wildman–Crippen MR) is 66.4 cm³/mol. The Kier molecular flexibility index (Phi) is 3.43. The van der Waals surface area contributed by atoms with Crippen LogP contribution in [-0.4, -0.2) is 42.5 Å². The molecule has 1 aromatic rings. The third kappa shape index (κ3) is 2.35. The Labute approximate surface area is 103 Å². The SMILES string of the molecule is CN1CCCN(c2ncccc2Br)CC1=O. The number of likely N-dealkylation sites (N-methyl/N-ethyl adjacent to an activating group) is 1. The number of anilines is 1. The number of rotatable bonds is 1. The van der Waals surface area contributed by atoms with Crippen molar-refractivity contribution < 1.29 is 4.79 Å². The van der Waals surface area contributed by atoms with Gasteiger partial charge >= 0.3 is 0 Å². The first-order chi connectivity index (χ1) is 7.68. The fourth-order valence-corrected chi connectivity index (χ4v) is 2.28. The van der Waals surface area contributed by atoms with Crippen molar-refractivity contribution in [2.75, 3.05) is 31.6 Å². The molecule has 0 radical (unpaired) electrons. The second-order valence-electron chi connectivity index (χ2n) is 3.90. The lowest BCUT2D eigenvalue weighted by Crippen LogP contribution is -2.34. The first-order valence-electron chi connectivity index (χ1n) is 5.28. The number of pyridine rings is 1. The number of aromatic nitrogens is 1. The quantitative estimate of drug-likeness (QED) is 0.784.